The van der Waals surface area contributed by atoms with Crippen molar-refractivity contribution in [3.63, 3.8) is 0 Å². The Hall–Kier alpha value is -2.37. The number of methoxy groups -OCH3 is 1. The molecule has 1 heterocycles. The van der Waals surface area contributed by atoms with E-state index in [1.165, 1.54) is 18.4 Å². The SMILES string of the molecule is CCCCCNc1cnnc(NCCc2ccc(OC)cc2)n1. The van der Waals surface area contributed by atoms with Crippen LogP contribution in [-0.4, -0.2) is 35.4 Å². The average molecular weight is 315 g/mol. The summed E-state index contributed by atoms with van der Waals surface area (Å²) in [6.45, 7) is 3.86. The van der Waals surface area contributed by atoms with Crippen LogP contribution in [0.1, 0.15) is 31.7 Å². The summed E-state index contributed by atoms with van der Waals surface area (Å²) in [6.07, 6.45) is 6.11. The lowest BCUT2D eigenvalue weighted by Crippen LogP contribution is -2.11. The van der Waals surface area contributed by atoms with Crippen LogP contribution >= 0.6 is 0 Å². The Morgan fingerprint density at radius 2 is 1.87 bits per heavy atom. The summed E-state index contributed by atoms with van der Waals surface area (Å²) in [6, 6.07) is 8.05. The lowest BCUT2D eigenvalue weighted by atomic mass is 10.1. The van der Waals surface area contributed by atoms with Gasteiger partial charge >= 0.3 is 0 Å². The molecule has 23 heavy (non-hydrogen) atoms. The Balaban J connectivity index is 1.76. The fourth-order valence-corrected chi connectivity index (χ4v) is 2.17. The molecule has 0 aliphatic heterocycles. The number of benzene rings is 1. The molecule has 6 heteroatoms. The van der Waals surface area contributed by atoms with Crippen molar-refractivity contribution < 1.29 is 4.74 Å². The Morgan fingerprint density at radius 3 is 2.61 bits per heavy atom. The first-order valence-electron chi connectivity index (χ1n) is 8.12. The molecule has 0 aliphatic rings. The van der Waals surface area contributed by atoms with Gasteiger partial charge in [0.25, 0.3) is 0 Å². The molecule has 0 atom stereocenters. The van der Waals surface area contributed by atoms with Gasteiger partial charge in [0.15, 0.2) is 0 Å². The van der Waals surface area contributed by atoms with E-state index in [9.17, 15) is 0 Å². The van der Waals surface area contributed by atoms with Gasteiger partial charge in [0.1, 0.15) is 11.6 Å². The van der Waals surface area contributed by atoms with Crippen molar-refractivity contribution in [2.75, 3.05) is 30.8 Å². The van der Waals surface area contributed by atoms with Crippen LogP contribution in [0.25, 0.3) is 0 Å². The maximum atomic E-state index is 5.15. The second-order valence-electron chi connectivity index (χ2n) is 5.32. The normalized spacial score (nSPS) is 10.3. The topological polar surface area (TPSA) is 72.0 Å². The molecular weight excluding hydrogens is 290 g/mol. The second-order valence-corrected chi connectivity index (χ2v) is 5.32. The van der Waals surface area contributed by atoms with Crippen LogP contribution in [0.15, 0.2) is 30.5 Å². The smallest absolute Gasteiger partial charge is 0.244 e. The fraction of sp³-hybridized carbons (Fsp3) is 0.471. The summed E-state index contributed by atoms with van der Waals surface area (Å²) in [7, 11) is 1.67. The van der Waals surface area contributed by atoms with Crippen LogP contribution < -0.4 is 15.4 Å². The van der Waals surface area contributed by atoms with Crippen molar-refractivity contribution in [1.82, 2.24) is 15.2 Å². The number of hydrogen-bond acceptors (Lipinski definition) is 6. The van der Waals surface area contributed by atoms with Gasteiger partial charge in [-0.15, -0.1) is 5.10 Å². The minimum absolute atomic E-state index is 0.555. The Morgan fingerprint density at radius 1 is 1.04 bits per heavy atom. The number of hydrogen-bond donors (Lipinski definition) is 2. The molecule has 2 aromatic rings. The van der Waals surface area contributed by atoms with E-state index in [1.807, 2.05) is 12.1 Å². The van der Waals surface area contributed by atoms with E-state index in [1.54, 1.807) is 13.3 Å². The third-order valence-electron chi connectivity index (χ3n) is 3.50. The van der Waals surface area contributed by atoms with E-state index >= 15 is 0 Å². The summed E-state index contributed by atoms with van der Waals surface area (Å²) in [5.74, 6) is 2.19. The predicted molar refractivity (Wildman–Crippen MR) is 93.0 cm³/mol. The lowest BCUT2D eigenvalue weighted by molar-refractivity contribution is 0.414. The van der Waals surface area contributed by atoms with Crippen molar-refractivity contribution in [2.24, 2.45) is 0 Å². The van der Waals surface area contributed by atoms with Gasteiger partial charge in [-0.3, -0.25) is 0 Å². The Bertz CT molecular complexity index is 573. The van der Waals surface area contributed by atoms with Gasteiger partial charge in [-0.05, 0) is 30.5 Å². The first kappa shape index (κ1) is 17.0. The molecule has 124 valence electrons. The second kappa shape index (κ2) is 9.61. The van der Waals surface area contributed by atoms with Crippen LogP contribution in [0, 0.1) is 0 Å². The molecule has 1 aromatic heterocycles. The molecule has 1 aromatic carbocycles. The fourth-order valence-electron chi connectivity index (χ4n) is 2.17. The van der Waals surface area contributed by atoms with Gasteiger partial charge in [-0.1, -0.05) is 31.9 Å². The molecule has 0 saturated heterocycles. The van der Waals surface area contributed by atoms with Crippen molar-refractivity contribution in [3.8, 4) is 5.75 Å². The minimum Gasteiger partial charge on any atom is -0.497 e. The number of nitrogens with zero attached hydrogens (tertiary/aromatic N) is 3. The van der Waals surface area contributed by atoms with Crippen molar-refractivity contribution in [1.29, 1.82) is 0 Å². The number of anilines is 2. The zero-order valence-corrected chi connectivity index (χ0v) is 13.9. The highest BCUT2D eigenvalue weighted by Crippen LogP contribution is 2.12. The summed E-state index contributed by atoms with van der Waals surface area (Å²) < 4.78 is 5.15. The van der Waals surface area contributed by atoms with E-state index in [4.69, 9.17) is 4.74 Å². The molecule has 0 amide bonds. The summed E-state index contributed by atoms with van der Waals surface area (Å²) in [5.41, 5.74) is 1.24. The van der Waals surface area contributed by atoms with E-state index in [2.05, 4.69) is 44.9 Å². The molecule has 6 nitrogen and oxygen atoms in total. The molecule has 0 fully saturated rings. The Kier molecular flexibility index (Phi) is 7.10. The highest BCUT2D eigenvalue weighted by molar-refractivity contribution is 5.37. The lowest BCUT2D eigenvalue weighted by Gasteiger charge is -2.08. The molecule has 0 unspecified atom stereocenters. The van der Waals surface area contributed by atoms with Gasteiger partial charge in [0, 0.05) is 13.1 Å². The zero-order valence-electron chi connectivity index (χ0n) is 13.9. The minimum atomic E-state index is 0.555. The van der Waals surface area contributed by atoms with Crippen LogP contribution in [-0.2, 0) is 6.42 Å². The molecular formula is C17H25N5O. The summed E-state index contributed by atoms with van der Waals surface area (Å²) in [5, 5.41) is 14.5. The standard InChI is InChI=1S/C17H25N5O/c1-3-4-5-11-18-16-13-20-22-17(21-16)19-12-10-14-6-8-15(23-2)9-7-14/h6-9,13H,3-5,10-12H2,1-2H3,(H2,18,19,21,22). The molecule has 0 aliphatic carbocycles. The molecule has 0 spiro atoms. The number of aromatic nitrogens is 3. The van der Waals surface area contributed by atoms with E-state index < -0.39 is 0 Å². The van der Waals surface area contributed by atoms with Gasteiger partial charge in [-0.2, -0.15) is 10.1 Å². The first-order valence-corrected chi connectivity index (χ1v) is 8.12. The maximum Gasteiger partial charge on any atom is 0.244 e. The van der Waals surface area contributed by atoms with Crippen molar-refractivity contribution in [3.05, 3.63) is 36.0 Å². The van der Waals surface area contributed by atoms with Crippen LogP contribution in [0.4, 0.5) is 11.8 Å². The van der Waals surface area contributed by atoms with Crippen LogP contribution in [0.3, 0.4) is 0 Å². The van der Waals surface area contributed by atoms with E-state index in [-0.39, 0.29) is 0 Å². The van der Waals surface area contributed by atoms with Crippen LogP contribution in [0.2, 0.25) is 0 Å². The van der Waals surface area contributed by atoms with Gasteiger partial charge in [0.05, 0.1) is 13.3 Å². The monoisotopic (exact) mass is 315 g/mol. The third kappa shape index (κ3) is 6.10. The number of rotatable bonds is 10. The highest BCUT2D eigenvalue weighted by Gasteiger charge is 2.00. The number of nitrogens with one attached hydrogen (secondary N) is 2. The number of unbranched alkanes of at least 4 members (excludes halogenated alkanes) is 2. The van der Waals surface area contributed by atoms with Gasteiger partial charge in [0.2, 0.25) is 5.95 Å². The van der Waals surface area contributed by atoms with Crippen LogP contribution in [0.5, 0.6) is 5.75 Å². The quantitative estimate of drug-likeness (QED) is 0.656. The van der Waals surface area contributed by atoms with E-state index in [0.29, 0.717) is 5.95 Å². The summed E-state index contributed by atoms with van der Waals surface area (Å²) >= 11 is 0. The molecule has 0 radical (unpaired) electrons. The maximum absolute atomic E-state index is 5.15. The van der Waals surface area contributed by atoms with Gasteiger partial charge < -0.3 is 15.4 Å². The van der Waals surface area contributed by atoms with Crippen molar-refractivity contribution in [2.45, 2.75) is 32.6 Å². The predicted octanol–water partition coefficient (Wildman–Crippen LogP) is 3.14. The molecule has 0 saturated carbocycles. The Labute approximate surface area is 137 Å². The van der Waals surface area contributed by atoms with Gasteiger partial charge in [-0.25, -0.2) is 0 Å². The van der Waals surface area contributed by atoms with E-state index in [0.717, 1.165) is 37.5 Å². The highest BCUT2D eigenvalue weighted by atomic mass is 16.5. The third-order valence-corrected chi connectivity index (χ3v) is 3.50. The number of ether oxygens (including phenoxy) is 1. The zero-order chi connectivity index (χ0) is 16.3. The first-order chi connectivity index (χ1) is 11.3. The molecule has 2 rings (SSSR count). The molecule has 0 bridgehead atoms. The average Bonchev–Trinajstić information content (AvgIpc) is 2.60. The van der Waals surface area contributed by atoms with Crippen molar-refractivity contribution >= 4 is 11.8 Å². The largest absolute Gasteiger partial charge is 0.497 e. The summed E-state index contributed by atoms with van der Waals surface area (Å²) in [4.78, 5) is 4.41. The molecule has 2 N–H and O–H groups in total.